The number of hydrogen-bond acceptors (Lipinski definition) is 8. The standard InChI is InChI=1S/C28H27N3O5S/c1-33-24-7-4-5-8-25(24)36-21-11-9-20(10-12-21)31-28-19(17-29)18-30-23-16-27(26(34-2)15-22(23)28)35-13-6-14-37(3)32/h4-5,7-12,15-16,18H,6,13-14H2,1-3H3,(H,30,31). The van der Waals surface area contributed by atoms with Crippen molar-refractivity contribution in [1.29, 1.82) is 5.26 Å². The minimum Gasteiger partial charge on any atom is -0.617 e. The second-order valence-corrected chi connectivity index (χ2v) is 9.62. The van der Waals surface area contributed by atoms with Crippen LogP contribution in [-0.4, -0.2) is 42.4 Å². The van der Waals surface area contributed by atoms with Crippen LogP contribution in [0.15, 0.2) is 66.9 Å². The Balaban J connectivity index is 1.59. The van der Waals surface area contributed by atoms with E-state index in [2.05, 4.69) is 16.4 Å². The van der Waals surface area contributed by atoms with Crippen molar-refractivity contribution >= 4 is 33.5 Å². The molecule has 0 aliphatic heterocycles. The van der Waals surface area contributed by atoms with Gasteiger partial charge in [-0.05, 0) is 42.5 Å². The molecule has 1 atom stereocenters. The van der Waals surface area contributed by atoms with Crippen molar-refractivity contribution in [1.82, 2.24) is 4.98 Å². The van der Waals surface area contributed by atoms with Crippen LogP contribution in [0.5, 0.6) is 28.7 Å². The number of anilines is 2. The summed E-state index contributed by atoms with van der Waals surface area (Å²) in [5, 5.41) is 13.8. The quantitative estimate of drug-likeness (QED) is 0.196. The van der Waals surface area contributed by atoms with Crippen LogP contribution < -0.4 is 24.3 Å². The molecular formula is C28H27N3O5S. The third kappa shape index (κ3) is 6.36. The molecule has 0 radical (unpaired) electrons. The predicted molar refractivity (Wildman–Crippen MR) is 145 cm³/mol. The number of methoxy groups -OCH3 is 2. The lowest BCUT2D eigenvalue weighted by Gasteiger charge is -2.16. The molecule has 0 bridgehead atoms. The van der Waals surface area contributed by atoms with Gasteiger partial charge >= 0.3 is 0 Å². The summed E-state index contributed by atoms with van der Waals surface area (Å²) in [4.78, 5) is 4.45. The number of benzene rings is 3. The van der Waals surface area contributed by atoms with Crippen LogP contribution in [0.25, 0.3) is 10.9 Å². The van der Waals surface area contributed by atoms with Crippen molar-refractivity contribution < 1.29 is 23.5 Å². The van der Waals surface area contributed by atoms with Gasteiger partial charge in [0.15, 0.2) is 23.0 Å². The molecule has 0 saturated carbocycles. The summed E-state index contributed by atoms with van der Waals surface area (Å²) >= 11 is -0.869. The lowest BCUT2D eigenvalue weighted by atomic mass is 10.1. The molecule has 0 saturated heterocycles. The zero-order valence-electron chi connectivity index (χ0n) is 20.8. The van der Waals surface area contributed by atoms with E-state index >= 15 is 0 Å². The highest BCUT2D eigenvalue weighted by Crippen LogP contribution is 2.38. The number of nitrogens with one attached hydrogen (secondary N) is 1. The van der Waals surface area contributed by atoms with E-state index in [1.165, 1.54) is 6.20 Å². The van der Waals surface area contributed by atoms with Gasteiger partial charge in [0.25, 0.3) is 0 Å². The molecule has 0 fully saturated rings. The predicted octanol–water partition coefficient (Wildman–Crippen LogP) is 5.81. The van der Waals surface area contributed by atoms with Gasteiger partial charge in [-0.25, -0.2) is 0 Å². The van der Waals surface area contributed by atoms with Gasteiger partial charge in [-0.15, -0.1) is 0 Å². The number of fused-ring (bicyclic) bond motifs is 1. The Morgan fingerprint density at radius 3 is 2.38 bits per heavy atom. The van der Waals surface area contributed by atoms with E-state index < -0.39 is 11.2 Å². The smallest absolute Gasteiger partial charge is 0.169 e. The number of hydrogen-bond donors (Lipinski definition) is 1. The van der Waals surface area contributed by atoms with Crippen LogP contribution in [0.1, 0.15) is 12.0 Å². The number of pyridine rings is 1. The molecule has 1 unspecified atom stereocenters. The lowest BCUT2D eigenvalue weighted by Crippen LogP contribution is -2.08. The molecule has 0 aliphatic carbocycles. The molecule has 4 rings (SSSR count). The van der Waals surface area contributed by atoms with Gasteiger partial charge in [-0.3, -0.25) is 4.98 Å². The van der Waals surface area contributed by atoms with Crippen LogP contribution in [0.2, 0.25) is 0 Å². The highest BCUT2D eigenvalue weighted by molar-refractivity contribution is 7.90. The van der Waals surface area contributed by atoms with Crippen molar-refractivity contribution in [3.05, 3.63) is 72.4 Å². The van der Waals surface area contributed by atoms with Gasteiger partial charge in [-0.1, -0.05) is 23.3 Å². The van der Waals surface area contributed by atoms with E-state index in [-0.39, 0.29) is 0 Å². The van der Waals surface area contributed by atoms with Crippen LogP contribution in [0.3, 0.4) is 0 Å². The second kappa shape index (κ2) is 12.2. The summed E-state index contributed by atoms with van der Waals surface area (Å²) in [5.74, 6) is 3.53. The monoisotopic (exact) mass is 517 g/mol. The Bertz CT molecular complexity index is 1400. The first kappa shape index (κ1) is 25.9. The number of nitriles is 1. The molecule has 1 aromatic heterocycles. The summed E-state index contributed by atoms with van der Waals surface area (Å²) in [6.45, 7) is 0.409. The van der Waals surface area contributed by atoms with Gasteiger partial charge < -0.3 is 28.8 Å². The first-order valence-electron chi connectivity index (χ1n) is 11.5. The Morgan fingerprint density at radius 1 is 0.973 bits per heavy atom. The molecule has 8 nitrogen and oxygen atoms in total. The summed E-state index contributed by atoms with van der Waals surface area (Å²) < 4.78 is 34.0. The molecule has 37 heavy (non-hydrogen) atoms. The maximum atomic E-state index is 11.3. The Hall–Kier alpha value is -4.13. The Kier molecular flexibility index (Phi) is 8.56. The molecular weight excluding hydrogens is 490 g/mol. The van der Waals surface area contributed by atoms with Crippen molar-refractivity contribution in [2.75, 3.05) is 38.2 Å². The minimum atomic E-state index is -0.869. The average Bonchev–Trinajstić information content (AvgIpc) is 2.92. The largest absolute Gasteiger partial charge is 0.617 e. The molecule has 3 aromatic carbocycles. The van der Waals surface area contributed by atoms with E-state index in [0.29, 0.717) is 69.7 Å². The van der Waals surface area contributed by atoms with Crippen molar-refractivity contribution in [3.8, 4) is 34.8 Å². The maximum Gasteiger partial charge on any atom is 0.169 e. The second-order valence-electron chi connectivity index (χ2n) is 8.06. The molecule has 1 N–H and O–H groups in total. The normalized spacial score (nSPS) is 11.4. The summed E-state index contributed by atoms with van der Waals surface area (Å²) in [6.07, 6.45) is 3.86. The van der Waals surface area contributed by atoms with Gasteiger partial charge in [0.1, 0.15) is 17.6 Å². The van der Waals surface area contributed by atoms with E-state index in [4.69, 9.17) is 18.9 Å². The Labute approximate surface area is 218 Å². The average molecular weight is 518 g/mol. The third-order valence-corrected chi connectivity index (χ3v) is 6.39. The van der Waals surface area contributed by atoms with Gasteiger partial charge in [0, 0.05) is 29.8 Å². The van der Waals surface area contributed by atoms with Gasteiger partial charge in [0.2, 0.25) is 0 Å². The number of aromatic nitrogens is 1. The molecule has 1 heterocycles. The van der Waals surface area contributed by atoms with E-state index in [0.717, 1.165) is 5.69 Å². The lowest BCUT2D eigenvalue weighted by molar-refractivity contribution is 0.295. The fraction of sp³-hybridized carbons (Fsp3) is 0.214. The zero-order valence-corrected chi connectivity index (χ0v) is 21.6. The molecule has 0 spiro atoms. The highest BCUT2D eigenvalue weighted by Gasteiger charge is 2.15. The summed E-state index contributed by atoms with van der Waals surface area (Å²) in [7, 11) is 3.16. The van der Waals surface area contributed by atoms with E-state index in [1.807, 2.05) is 48.5 Å². The first-order chi connectivity index (χ1) is 18.0. The van der Waals surface area contributed by atoms with Crippen LogP contribution in [0, 0.1) is 11.3 Å². The summed E-state index contributed by atoms with van der Waals surface area (Å²) in [6, 6.07) is 20.6. The topological polar surface area (TPSA) is 109 Å². The molecule has 0 amide bonds. The van der Waals surface area contributed by atoms with Crippen molar-refractivity contribution in [2.24, 2.45) is 0 Å². The minimum absolute atomic E-state index is 0.392. The van der Waals surface area contributed by atoms with Gasteiger partial charge in [0.05, 0.1) is 43.8 Å². The zero-order chi connectivity index (χ0) is 26.2. The van der Waals surface area contributed by atoms with Crippen molar-refractivity contribution in [2.45, 2.75) is 6.42 Å². The fourth-order valence-electron chi connectivity index (χ4n) is 3.72. The molecule has 9 heteroatoms. The van der Waals surface area contributed by atoms with Crippen LogP contribution >= 0.6 is 0 Å². The number of nitrogens with zero attached hydrogens (tertiary/aromatic N) is 2. The SMILES string of the molecule is COc1cc2c(Nc3ccc(Oc4ccccc4OC)cc3)c(C#N)cnc2cc1OCCC[S+](C)[O-]. The number of rotatable bonds is 11. The Morgan fingerprint density at radius 2 is 1.70 bits per heavy atom. The fourth-order valence-corrected chi connectivity index (χ4v) is 4.24. The van der Waals surface area contributed by atoms with Crippen LogP contribution in [-0.2, 0) is 11.2 Å². The number of para-hydroxylation sites is 2. The van der Waals surface area contributed by atoms with Crippen LogP contribution in [0.4, 0.5) is 11.4 Å². The highest BCUT2D eigenvalue weighted by atomic mass is 32.2. The van der Waals surface area contributed by atoms with Crippen molar-refractivity contribution in [3.63, 3.8) is 0 Å². The first-order valence-corrected chi connectivity index (χ1v) is 13.3. The molecule has 0 aliphatic rings. The molecule has 4 aromatic rings. The third-order valence-electron chi connectivity index (χ3n) is 5.53. The number of ether oxygens (including phenoxy) is 4. The maximum absolute atomic E-state index is 11.3. The molecule has 190 valence electrons. The van der Waals surface area contributed by atoms with E-state index in [9.17, 15) is 9.81 Å². The van der Waals surface area contributed by atoms with E-state index in [1.54, 1.807) is 32.6 Å². The van der Waals surface area contributed by atoms with Gasteiger partial charge in [-0.2, -0.15) is 5.26 Å². The summed E-state index contributed by atoms with van der Waals surface area (Å²) in [5.41, 5.74) is 2.41.